The van der Waals surface area contributed by atoms with Crippen molar-refractivity contribution in [2.45, 2.75) is 16.2 Å². The van der Waals surface area contributed by atoms with Crippen molar-refractivity contribution in [3.63, 3.8) is 0 Å². The van der Waals surface area contributed by atoms with Gasteiger partial charge >= 0.3 is 6.18 Å². The van der Waals surface area contributed by atoms with E-state index in [2.05, 4.69) is 10.5 Å². The van der Waals surface area contributed by atoms with Gasteiger partial charge in [0.2, 0.25) is 0 Å². The number of alkyl halides is 3. The number of hydrazone groups is 1. The largest absolute Gasteiger partial charge is 0.448 e. The molecule has 134 valence electrons. The first-order valence-corrected chi connectivity index (χ1v) is 8.59. The van der Waals surface area contributed by atoms with Crippen molar-refractivity contribution < 1.29 is 17.6 Å². The highest BCUT2D eigenvalue weighted by atomic mass is 35.5. The molecule has 1 heterocycles. The molecule has 0 atom stereocenters. The summed E-state index contributed by atoms with van der Waals surface area (Å²) in [6, 6.07) is 15.5. The van der Waals surface area contributed by atoms with Gasteiger partial charge in [0.15, 0.2) is 5.09 Å². The molecule has 3 aromatic rings. The molecule has 0 aliphatic rings. The van der Waals surface area contributed by atoms with Gasteiger partial charge in [0.05, 0.1) is 17.5 Å². The summed E-state index contributed by atoms with van der Waals surface area (Å²) in [4.78, 5) is 0.982. The summed E-state index contributed by atoms with van der Waals surface area (Å²) in [5, 5.41) is 5.31. The van der Waals surface area contributed by atoms with Crippen molar-refractivity contribution in [1.29, 1.82) is 0 Å². The Morgan fingerprint density at radius 1 is 0.962 bits per heavy atom. The fraction of sp³-hybridized carbons (Fsp3) is 0.0556. The van der Waals surface area contributed by atoms with Crippen LogP contribution in [0.1, 0.15) is 11.3 Å². The topological polar surface area (TPSA) is 37.5 Å². The van der Waals surface area contributed by atoms with Gasteiger partial charge in [-0.3, -0.25) is 5.43 Å². The van der Waals surface area contributed by atoms with Crippen LogP contribution < -0.4 is 5.43 Å². The zero-order valence-corrected chi connectivity index (χ0v) is 14.7. The summed E-state index contributed by atoms with van der Waals surface area (Å²) in [6.45, 7) is 0. The van der Waals surface area contributed by atoms with E-state index in [1.165, 1.54) is 30.1 Å². The standard InChI is InChI=1S/C18H12ClF3N2OS/c19-13-3-8-16(9-4-13)26-17-10-7-15(25-17)11-23-24-14-5-1-12(2-6-14)18(20,21)22/h1-11,24H/b23-11+. The summed E-state index contributed by atoms with van der Waals surface area (Å²) in [5.41, 5.74) is 2.39. The van der Waals surface area contributed by atoms with Crippen LogP contribution in [-0.4, -0.2) is 6.21 Å². The van der Waals surface area contributed by atoms with E-state index < -0.39 is 11.7 Å². The van der Waals surface area contributed by atoms with Crippen LogP contribution in [-0.2, 0) is 6.18 Å². The van der Waals surface area contributed by atoms with Crippen LogP contribution >= 0.6 is 23.4 Å². The van der Waals surface area contributed by atoms with Crippen molar-refractivity contribution in [1.82, 2.24) is 0 Å². The third-order valence-corrected chi connectivity index (χ3v) is 4.41. The fourth-order valence-corrected chi connectivity index (χ4v) is 2.89. The maximum Gasteiger partial charge on any atom is 0.416 e. The number of halogens is 4. The molecule has 0 radical (unpaired) electrons. The van der Waals surface area contributed by atoms with E-state index in [1.54, 1.807) is 24.3 Å². The summed E-state index contributed by atoms with van der Waals surface area (Å²) in [5.74, 6) is 0.515. The maximum absolute atomic E-state index is 12.5. The molecule has 0 unspecified atom stereocenters. The van der Waals surface area contributed by atoms with Crippen LogP contribution in [0.25, 0.3) is 0 Å². The predicted octanol–water partition coefficient (Wildman–Crippen LogP) is 6.55. The van der Waals surface area contributed by atoms with Crippen LogP contribution in [0.5, 0.6) is 0 Å². The highest BCUT2D eigenvalue weighted by Gasteiger charge is 2.29. The SMILES string of the molecule is FC(F)(F)c1ccc(N/N=C/c2ccc(Sc3ccc(Cl)cc3)o2)cc1. The van der Waals surface area contributed by atoms with Crippen LogP contribution in [0.4, 0.5) is 18.9 Å². The van der Waals surface area contributed by atoms with Crippen molar-refractivity contribution in [3.05, 3.63) is 77.0 Å². The Kier molecular flexibility index (Phi) is 5.58. The monoisotopic (exact) mass is 396 g/mol. The third kappa shape index (κ3) is 5.06. The summed E-state index contributed by atoms with van der Waals surface area (Å²) < 4.78 is 43.1. The van der Waals surface area contributed by atoms with Gasteiger partial charge in [0, 0.05) is 9.92 Å². The van der Waals surface area contributed by atoms with E-state index in [4.69, 9.17) is 16.0 Å². The van der Waals surface area contributed by atoms with Crippen molar-refractivity contribution in [2.75, 3.05) is 5.43 Å². The first-order chi connectivity index (χ1) is 12.4. The maximum atomic E-state index is 12.5. The second-order valence-electron chi connectivity index (χ2n) is 5.16. The lowest BCUT2D eigenvalue weighted by atomic mass is 10.2. The van der Waals surface area contributed by atoms with E-state index in [0.29, 0.717) is 21.6 Å². The molecule has 3 rings (SSSR count). The smallest absolute Gasteiger partial charge is 0.416 e. The first-order valence-electron chi connectivity index (χ1n) is 7.40. The second-order valence-corrected chi connectivity index (χ2v) is 6.67. The molecule has 0 saturated heterocycles. The lowest BCUT2D eigenvalue weighted by Crippen LogP contribution is -2.04. The molecule has 0 bridgehead atoms. The Morgan fingerprint density at radius 2 is 1.65 bits per heavy atom. The molecule has 0 fully saturated rings. The molecule has 0 saturated carbocycles. The lowest BCUT2D eigenvalue weighted by molar-refractivity contribution is -0.137. The number of furan rings is 1. The van der Waals surface area contributed by atoms with Gasteiger partial charge in [-0.05, 0) is 60.7 Å². The van der Waals surface area contributed by atoms with E-state index >= 15 is 0 Å². The Morgan fingerprint density at radius 3 is 2.31 bits per heavy atom. The highest BCUT2D eigenvalue weighted by molar-refractivity contribution is 7.99. The van der Waals surface area contributed by atoms with Crippen LogP contribution in [0.2, 0.25) is 5.02 Å². The zero-order valence-electron chi connectivity index (χ0n) is 13.1. The predicted molar refractivity (Wildman–Crippen MR) is 96.9 cm³/mol. The Balaban J connectivity index is 1.57. The van der Waals surface area contributed by atoms with Crippen LogP contribution in [0.3, 0.4) is 0 Å². The minimum absolute atomic E-state index is 0.441. The molecule has 26 heavy (non-hydrogen) atoms. The van der Waals surface area contributed by atoms with Crippen LogP contribution in [0.15, 0.2) is 80.2 Å². The Bertz CT molecular complexity index is 890. The summed E-state index contributed by atoms with van der Waals surface area (Å²) in [6.07, 6.45) is -2.91. The Labute approximate surface area is 156 Å². The van der Waals surface area contributed by atoms with Gasteiger partial charge in [0.25, 0.3) is 0 Å². The normalized spacial score (nSPS) is 11.8. The van der Waals surface area contributed by atoms with Crippen molar-refractivity contribution in [3.8, 4) is 0 Å². The molecule has 8 heteroatoms. The number of hydrogen-bond donors (Lipinski definition) is 1. The molecule has 0 spiro atoms. The fourth-order valence-electron chi connectivity index (χ4n) is 1.98. The minimum atomic E-state index is -4.35. The first kappa shape index (κ1) is 18.4. The molecule has 3 nitrogen and oxygen atoms in total. The number of rotatable bonds is 5. The quantitative estimate of drug-likeness (QED) is 0.392. The number of anilines is 1. The van der Waals surface area contributed by atoms with Gasteiger partial charge in [-0.1, -0.05) is 23.4 Å². The average molecular weight is 397 g/mol. The van der Waals surface area contributed by atoms with Gasteiger partial charge in [-0.25, -0.2) is 0 Å². The van der Waals surface area contributed by atoms with Crippen LogP contribution in [0, 0.1) is 0 Å². The molecular weight excluding hydrogens is 385 g/mol. The van der Waals surface area contributed by atoms with E-state index in [0.717, 1.165) is 17.0 Å². The van der Waals surface area contributed by atoms with E-state index in [1.807, 2.05) is 12.1 Å². The molecule has 2 aromatic carbocycles. The average Bonchev–Trinajstić information content (AvgIpc) is 3.04. The molecule has 1 N–H and O–H groups in total. The second kappa shape index (κ2) is 7.88. The summed E-state index contributed by atoms with van der Waals surface area (Å²) in [7, 11) is 0. The number of nitrogens with one attached hydrogen (secondary N) is 1. The van der Waals surface area contributed by atoms with Gasteiger partial charge in [0.1, 0.15) is 5.76 Å². The van der Waals surface area contributed by atoms with Gasteiger partial charge in [-0.2, -0.15) is 18.3 Å². The number of nitrogens with zero attached hydrogens (tertiary/aromatic N) is 1. The summed E-state index contributed by atoms with van der Waals surface area (Å²) >= 11 is 7.28. The van der Waals surface area contributed by atoms with Gasteiger partial charge < -0.3 is 4.42 Å². The van der Waals surface area contributed by atoms with Crippen molar-refractivity contribution in [2.24, 2.45) is 5.10 Å². The Hall–Kier alpha value is -2.38. The molecule has 0 amide bonds. The zero-order chi connectivity index (χ0) is 18.6. The minimum Gasteiger partial charge on any atom is -0.448 e. The third-order valence-electron chi connectivity index (χ3n) is 3.23. The molecule has 0 aliphatic carbocycles. The lowest BCUT2D eigenvalue weighted by Gasteiger charge is -2.06. The number of benzene rings is 2. The highest BCUT2D eigenvalue weighted by Crippen LogP contribution is 2.30. The molecule has 1 aromatic heterocycles. The number of hydrogen-bond acceptors (Lipinski definition) is 4. The van der Waals surface area contributed by atoms with E-state index in [-0.39, 0.29) is 0 Å². The molecular formula is C18H12ClF3N2OS. The van der Waals surface area contributed by atoms with Crippen molar-refractivity contribution >= 4 is 35.3 Å². The van der Waals surface area contributed by atoms with Gasteiger partial charge in [-0.15, -0.1) is 0 Å². The van der Waals surface area contributed by atoms with E-state index in [9.17, 15) is 13.2 Å². The molecule has 0 aliphatic heterocycles.